The zero-order valence-electron chi connectivity index (χ0n) is 23.9. The monoisotopic (exact) mass is 578 g/mol. The maximum absolute atomic E-state index is 14.0. The molecule has 12 heteroatoms. The van der Waals surface area contributed by atoms with Gasteiger partial charge in [0, 0.05) is 38.8 Å². The van der Waals surface area contributed by atoms with Gasteiger partial charge in [0.05, 0.1) is 6.54 Å². The number of hydrogen-bond donors (Lipinski definition) is 3. The highest BCUT2D eigenvalue weighted by Gasteiger charge is 2.35. The Morgan fingerprint density at radius 3 is 2.10 bits per heavy atom. The van der Waals surface area contributed by atoms with Crippen molar-refractivity contribution >= 4 is 17.9 Å². The number of nitrogens with zero attached hydrogens (tertiary/aromatic N) is 2. The predicted octanol–water partition coefficient (Wildman–Crippen LogP) is 3.14. The van der Waals surface area contributed by atoms with Crippen molar-refractivity contribution in [2.45, 2.75) is 65.1 Å². The summed E-state index contributed by atoms with van der Waals surface area (Å²) in [5.41, 5.74) is 6.75. The standard InChI is InChI=1S/C29H40F2N4O6/c1-5-40-26(41-6-2)18-34(19(3)4)28(37)24(15-21-12-13-22(30)23(31)14-21)33-27(36)25(16-32)35(29(38)39)17-20-10-8-7-9-11-20/h7-14,19,24-26H,5-6,15-18,32H2,1-4H3,(H,33,36)(H,38,39). The Balaban J connectivity index is 2.41. The molecule has 0 radical (unpaired) electrons. The van der Waals surface area contributed by atoms with E-state index in [1.54, 1.807) is 58.0 Å². The summed E-state index contributed by atoms with van der Waals surface area (Å²) in [6, 6.07) is 8.92. The Hall–Kier alpha value is -3.61. The fourth-order valence-electron chi connectivity index (χ4n) is 4.28. The molecular formula is C29H40F2N4O6. The quantitative estimate of drug-likeness (QED) is 0.261. The van der Waals surface area contributed by atoms with Gasteiger partial charge in [-0.05, 0) is 51.0 Å². The van der Waals surface area contributed by atoms with E-state index in [0.717, 1.165) is 17.0 Å². The van der Waals surface area contributed by atoms with Crippen LogP contribution < -0.4 is 11.1 Å². The Labute approximate surface area is 239 Å². The molecule has 0 heterocycles. The van der Waals surface area contributed by atoms with Crippen LogP contribution in [0.15, 0.2) is 48.5 Å². The van der Waals surface area contributed by atoms with Gasteiger partial charge >= 0.3 is 6.09 Å². The van der Waals surface area contributed by atoms with Crippen LogP contribution in [-0.2, 0) is 32.0 Å². The minimum absolute atomic E-state index is 0.0396. The summed E-state index contributed by atoms with van der Waals surface area (Å²) in [4.78, 5) is 41.9. The Morgan fingerprint density at radius 1 is 0.951 bits per heavy atom. The maximum atomic E-state index is 14.0. The highest BCUT2D eigenvalue weighted by molar-refractivity contribution is 5.91. The Bertz CT molecular complexity index is 1130. The normalized spacial score (nSPS) is 12.7. The van der Waals surface area contributed by atoms with Gasteiger partial charge in [-0.2, -0.15) is 0 Å². The minimum atomic E-state index is -1.37. The first-order valence-electron chi connectivity index (χ1n) is 13.5. The van der Waals surface area contributed by atoms with Crippen molar-refractivity contribution in [3.8, 4) is 0 Å². The molecule has 0 aromatic heterocycles. The summed E-state index contributed by atoms with van der Waals surface area (Å²) in [5, 5.41) is 12.5. The van der Waals surface area contributed by atoms with E-state index in [1.165, 1.54) is 11.0 Å². The Kier molecular flexibility index (Phi) is 13.6. The van der Waals surface area contributed by atoms with Crippen molar-refractivity contribution in [3.05, 3.63) is 71.3 Å². The molecule has 0 spiro atoms. The molecule has 2 aromatic rings. The molecule has 2 rings (SSSR count). The van der Waals surface area contributed by atoms with E-state index in [9.17, 15) is 28.3 Å². The molecule has 2 atom stereocenters. The third kappa shape index (κ3) is 10.1. The number of amides is 3. The van der Waals surface area contributed by atoms with Crippen molar-refractivity contribution < 1.29 is 37.7 Å². The molecule has 10 nitrogen and oxygen atoms in total. The van der Waals surface area contributed by atoms with Crippen molar-refractivity contribution in [2.24, 2.45) is 5.73 Å². The topological polar surface area (TPSA) is 134 Å². The molecule has 0 aliphatic carbocycles. The molecule has 2 aromatic carbocycles. The van der Waals surface area contributed by atoms with Crippen LogP contribution in [0.25, 0.3) is 0 Å². The minimum Gasteiger partial charge on any atom is -0.465 e. The van der Waals surface area contributed by atoms with E-state index in [-0.39, 0.29) is 37.7 Å². The first kappa shape index (κ1) is 33.6. The molecule has 0 saturated carbocycles. The van der Waals surface area contributed by atoms with Crippen molar-refractivity contribution in [2.75, 3.05) is 26.3 Å². The van der Waals surface area contributed by atoms with E-state index in [1.807, 2.05) is 0 Å². The fraction of sp³-hybridized carbons (Fsp3) is 0.483. The summed E-state index contributed by atoms with van der Waals surface area (Å²) < 4.78 is 38.8. The maximum Gasteiger partial charge on any atom is 0.408 e. The van der Waals surface area contributed by atoms with E-state index in [4.69, 9.17) is 15.2 Å². The van der Waals surface area contributed by atoms with Crippen LogP contribution in [0, 0.1) is 11.6 Å². The summed E-state index contributed by atoms with van der Waals surface area (Å²) in [7, 11) is 0. The molecule has 0 fully saturated rings. The molecule has 41 heavy (non-hydrogen) atoms. The number of carboxylic acid groups (broad SMARTS) is 1. The van der Waals surface area contributed by atoms with E-state index >= 15 is 0 Å². The third-order valence-corrected chi connectivity index (χ3v) is 6.34. The van der Waals surface area contributed by atoms with Crippen LogP contribution >= 0.6 is 0 Å². The lowest BCUT2D eigenvalue weighted by atomic mass is 10.0. The van der Waals surface area contributed by atoms with Crippen molar-refractivity contribution in [1.82, 2.24) is 15.1 Å². The zero-order valence-corrected chi connectivity index (χ0v) is 23.9. The SMILES string of the molecule is CCOC(CN(C(=O)C(Cc1ccc(F)c(F)c1)NC(=O)C(CN)N(Cc1ccccc1)C(=O)O)C(C)C)OCC. The van der Waals surface area contributed by atoms with Gasteiger partial charge in [0.15, 0.2) is 17.9 Å². The summed E-state index contributed by atoms with van der Waals surface area (Å²) in [6.45, 7) is 7.37. The summed E-state index contributed by atoms with van der Waals surface area (Å²) in [6.07, 6.45) is -2.30. The van der Waals surface area contributed by atoms with Gasteiger partial charge < -0.3 is 30.5 Å². The largest absolute Gasteiger partial charge is 0.465 e. The zero-order chi connectivity index (χ0) is 30.5. The number of ether oxygens (including phenoxy) is 2. The first-order valence-corrected chi connectivity index (χ1v) is 13.5. The highest BCUT2D eigenvalue weighted by Crippen LogP contribution is 2.16. The van der Waals surface area contributed by atoms with Gasteiger partial charge in [-0.15, -0.1) is 0 Å². The van der Waals surface area contributed by atoms with Gasteiger partial charge in [-0.3, -0.25) is 14.5 Å². The number of nitrogens with two attached hydrogens (primary N) is 1. The predicted molar refractivity (Wildman–Crippen MR) is 149 cm³/mol. The lowest BCUT2D eigenvalue weighted by Gasteiger charge is -2.35. The van der Waals surface area contributed by atoms with E-state index < -0.39 is 47.9 Å². The van der Waals surface area contributed by atoms with Crippen molar-refractivity contribution in [3.63, 3.8) is 0 Å². The fourth-order valence-corrected chi connectivity index (χ4v) is 4.28. The number of carbonyl (C=O) groups is 3. The molecule has 0 aliphatic rings. The number of rotatable bonds is 16. The van der Waals surface area contributed by atoms with Crippen LogP contribution in [0.4, 0.5) is 13.6 Å². The molecular weight excluding hydrogens is 538 g/mol. The van der Waals surface area contributed by atoms with Crippen LogP contribution in [0.5, 0.6) is 0 Å². The second-order valence-corrected chi connectivity index (χ2v) is 9.59. The second-order valence-electron chi connectivity index (χ2n) is 9.59. The average Bonchev–Trinajstić information content (AvgIpc) is 2.93. The molecule has 4 N–H and O–H groups in total. The average molecular weight is 579 g/mol. The summed E-state index contributed by atoms with van der Waals surface area (Å²) >= 11 is 0. The van der Waals surface area contributed by atoms with Gasteiger partial charge in [0.1, 0.15) is 12.1 Å². The van der Waals surface area contributed by atoms with Crippen molar-refractivity contribution in [1.29, 1.82) is 0 Å². The molecule has 0 aliphatic heterocycles. The van der Waals surface area contributed by atoms with Gasteiger partial charge in [-0.25, -0.2) is 13.6 Å². The molecule has 0 bridgehead atoms. The van der Waals surface area contributed by atoms with E-state index in [0.29, 0.717) is 18.8 Å². The van der Waals surface area contributed by atoms with Crippen LogP contribution in [0.3, 0.4) is 0 Å². The smallest absolute Gasteiger partial charge is 0.408 e. The van der Waals surface area contributed by atoms with Gasteiger partial charge in [0.25, 0.3) is 0 Å². The molecule has 2 unspecified atom stereocenters. The van der Waals surface area contributed by atoms with Crippen LogP contribution in [-0.4, -0.2) is 83.5 Å². The number of hydrogen-bond acceptors (Lipinski definition) is 6. The Morgan fingerprint density at radius 2 is 1.59 bits per heavy atom. The number of halogens is 2. The lowest BCUT2D eigenvalue weighted by molar-refractivity contribution is -0.163. The van der Waals surface area contributed by atoms with Gasteiger partial charge in [0.2, 0.25) is 11.8 Å². The second kappa shape index (κ2) is 16.6. The summed E-state index contributed by atoms with van der Waals surface area (Å²) in [5.74, 6) is -3.50. The number of benzene rings is 2. The van der Waals surface area contributed by atoms with E-state index in [2.05, 4.69) is 5.32 Å². The first-order chi connectivity index (χ1) is 19.5. The highest BCUT2D eigenvalue weighted by atomic mass is 19.2. The van der Waals surface area contributed by atoms with Gasteiger partial charge in [-0.1, -0.05) is 36.4 Å². The molecule has 3 amide bonds. The molecule has 0 saturated heterocycles. The van der Waals surface area contributed by atoms with Crippen LogP contribution in [0.1, 0.15) is 38.8 Å². The van der Waals surface area contributed by atoms with Crippen LogP contribution in [0.2, 0.25) is 0 Å². The lowest BCUT2D eigenvalue weighted by Crippen LogP contribution is -2.59. The number of nitrogens with one attached hydrogen (secondary N) is 1. The molecule has 226 valence electrons. The third-order valence-electron chi connectivity index (χ3n) is 6.34. The number of carbonyl (C=O) groups excluding carboxylic acids is 2.